The maximum atomic E-state index is 11.7. The highest BCUT2D eigenvalue weighted by Gasteiger charge is 2.12. The van der Waals surface area contributed by atoms with Gasteiger partial charge in [0.15, 0.2) is 0 Å². The van der Waals surface area contributed by atoms with Crippen molar-refractivity contribution in [2.24, 2.45) is 0 Å². The third-order valence-electron chi connectivity index (χ3n) is 2.52. The second-order valence-corrected chi connectivity index (χ2v) is 4.08. The van der Waals surface area contributed by atoms with Crippen LogP contribution in [0.3, 0.4) is 0 Å². The Balaban J connectivity index is 2.49. The number of aromatic nitrogens is 1. The van der Waals surface area contributed by atoms with Gasteiger partial charge in [-0.3, -0.25) is 4.79 Å². The summed E-state index contributed by atoms with van der Waals surface area (Å²) in [5.74, 6) is -1.25. The maximum Gasteiger partial charge on any atom is 0.352 e. The summed E-state index contributed by atoms with van der Waals surface area (Å²) in [6.07, 6.45) is 2.29. The van der Waals surface area contributed by atoms with Gasteiger partial charge in [-0.1, -0.05) is 0 Å². The standard InChI is InChI=1S/C12H18N2O4/c1-9(5-7-18-2)13-11(15)8-14-6-3-4-10(14)12(16)17/h3-4,6,9H,5,7-8H2,1-2H3,(H,13,15)(H,16,17). The second-order valence-electron chi connectivity index (χ2n) is 4.08. The van der Waals surface area contributed by atoms with Crippen LogP contribution >= 0.6 is 0 Å². The maximum absolute atomic E-state index is 11.7. The number of amides is 1. The fourth-order valence-corrected chi connectivity index (χ4v) is 1.59. The van der Waals surface area contributed by atoms with E-state index in [1.165, 1.54) is 10.6 Å². The molecule has 0 aliphatic carbocycles. The first-order valence-electron chi connectivity index (χ1n) is 5.71. The third-order valence-corrected chi connectivity index (χ3v) is 2.52. The normalized spacial score (nSPS) is 12.1. The topological polar surface area (TPSA) is 80.6 Å². The molecule has 0 spiro atoms. The van der Waals surface area contributed by atoms with Crippen LogP contribution in [0.5, 0.6) is 0 Å². The van der Waals surface area contributed by atoms with Gasteiger partial charge < -0.3 is 19.7 Å². The van der Waals surface area contributed by atoms with Crippen LogP contribution in [0.2, 0.25) is 0 Å². The highest BCUT2D eigenvalue weighted by molar-refractivity contribution is 5.86. The number of nitrogens with one attached hydrogen (secondary N) is 1. The number of rotatable bonds is 7. The Morgan fingerprint density at radius 1 is 1.56 bits per heavy atom. The predicted octanol–water partition coefficient (Wildman–Crippen LogP) is 0.727. The smallest absolute Gasteiger partial charge is 0.352 e. The van der Waals surface area contributed by atoms with Gasteiger partial charge in [-0.2, -0.15) is 0 Å². The zero-order chi connectivity index (χ0) is 13.5. The molecule has 1 aromatic rings. The molecule has 100 valence electrons. The fraction of sp³-hybridized carbons (Fsp3) is 0.500. The predicted molar refractivity (Wildman–Crippen MR) is 65.5 cm³/mol. The molecule has 0 aliphatic rings. The highest BCUT2D eigenvalue weighted by atomic mass is 16.5. The quantitative estimate of drug-likeness (QED) is 0.751. The number of methoxy groups -OCH3 is 1. The first-order chi connectivity index (χ1) is 8.54. The van der Waals surface area contributed by atoms with Crippen LogP contribution in [-0.4, -0.2) is 41.3 Å². The molecule has 0 fully saturated rings. The number of aromatic carboxylic acids is 1. The third kappa shape index (κ3) is 4.21. The molecule has 1 aromatic heterocycles. The first-order valence-corrected chi connectivity index (χ1v) is 5.71. The SMILES string of the molecule is COCCC(C)NC(=O)Cn1cccc1C(=O)O. The molecule has 0 bridgehead atoms. The van der Waals surface area contributed by atoms with Crippen molar-refractivity contribution in [1.29, 1.82) is 0 Å². The monoisotopic (exact) mass is 254 g/mol. The van der Waals surface area contributed by atoms with Gasteiger partial charge in [0.25, 0.3) is 0 Å². The molecule has 1 amide bonds. The molecule has 0 aliphatic heterocycles. The van der Waals surface area contributed by atoms with Crippen molar-refractivity contribution in [3.63, 3.8) is 0 Å². The molecule has 1 heterocycles. The van der Waals surface area contributed by atoms with Crippen molar-refractivity contribution in [2.75, 3.05) is 13.7 Å². The molecular weight excluding hydrogens is 236 g/mol. The minimum absolute atomic E-state index is 0.00119. The Bertz CT molecular complexity index is 414. The van der Waals surface area contributed by atoms with Crippen molar-refractivity contribution < 1.29 is 19.4 Å². The zero-order valence-electron chi connectivity index (χ0n) is 10.5. The lowest BCUT2D eigenvalue weighted by molar-refractivity contribution is -0.122. The molecule has 2 N–H and O–H groups in total. The van der Waals surface area contributed by atoms with E-state index in [4.69, 9.17) is 9.84 Å². The lowest BCUT2D eigenvalue weighted by Crippen LogP contribution is -2.36. The first kappa shape index (κ1) is 14.2. The van der Waals surface area contributed by atoms with Gasteiger partial charge in [0.05, 0.1) is 0 Å². The summed E-state index contributed by atoms with van der Waals surface area (Å²) >= 11 is 0. The van der Waals surface area contributed by atoms with Crippen LogP contribution in [0.1, 0.15) is 23.8 Å². The number of carbonyl (C=O) groups is 2. The molecule has 1 unspecified atom stereocenters. The molecule has 0 saturated heterocycles. The number of carboxylic acid groups (broad SMARTS) is 1. The summed E-state index contributed by atoms with van der Waals surface area (Å²) < 4.78 is 6.32. The highest BCUT2D eigenvalue weighted by Crippen LogP contribution is 2.02. The lowest BCUT2D eigenvalue weighted by atomic mass is 10.2. The average Bonchev–Trinajstić information content (AvgIpc) is 2.74. The lowest BCUT2D eigenvalue weighted by Gasteiger charge is -2.14. The molecule has 0 radical (unpaired) electrons. The van der Waals surface area contributed by atoms with Crippen LogP contribution in [0.25, 0.3) is 0 Å². The number of ether oxygens (including phenoxy) is 1. The van der Waals surface area contributed by atoms with E-state index < -0.39 is 5.97 Å². The van der Waals surface area contributed by atoms with Crippen LogP contribution in [0.4, 0.5) is 0 Å². The van der Waals surface area contributed by atoms with Crippen molar-refractivity contribution in [3.8, 4) is 0 Å². The number of hydrogen-bond donors (Lipinski definition) is 2. The molecule has 18 heavy (non-hydrogen) atoms. The van der Waals surface area contributed by atoms with Gasteiger partial charge in [0, 0.05) is 26.0 Å². The van der Waals surface area contributed by atoms with E-state index in [2.05, 4.69) is 5.32 Å². The zero-order valence-corrected chi connectivity index (χ0v) is 10.5. The van der Waals surface area contributed by atoms with Crippen molar-refractivity contribution >= 4 is 11.9 Å². The van der Waals surface area contributed by atoms with E-state index in [0.29, 0.717) is 6.61 Å². The van der Waals surface area contributed by atoms with E-state index >= 15 is 0 Å². The Morgan fingerprint density at radius 2 is 2.28 bits per heavy atom. The summed E-state index contributed by atoms with van der Waals surface area (Å²) in [4.78, 5) is 22.6. The molecule has 6 heteroatoms. The van der Waals surface area contributed by atoms with Crippen LogP contribution < -0.4 is 5.32 Å². The molecule has 0 aromatic carbocycles. The average molecular weight is 254 g/mol. The second kappa shape index (κ2) is 6.80. The summed E-state index contributed by atoms with van der Waals surface area (Å²) in [5, 5.41) is 11.7. The van der Waals surface area contributed by atoms with Gasteiger partial charge in [0.1, 0.15) is 12.2 Å². The molecular formula is C12H18N2O4. The van der Waals surface area contributed by atoms with Gasteiger partial charge in [-0.25, -0.2) is 4.79 Å². The minimum atomic E-state index is -1.04. The van der Waals surface area contributed by atoms with E-state index in [-0.39, 0.29) is 24.2 Å². The van der Waals surface area contributed by atoms with Gasteiger partial charge >= 0.3 is 5.97 Å². The fourth-order valence-electron chi connectivity index (χ4n) is 1.59. The Labute approximate surface area is 106 Å². The van der Waals surface area contributed by atoms with Crippen molar-refractivity contribution in [2.45, 2.75) is 25.9 Å². The van der Waals surface area contributed by atoms with E-state index in [1.807, 2.05) is 6.92 Å². The van der Waals surface area contributed by atoms with Gasteiger partial charge in [-0.15, -0.1) is 0 Å². The van der Waals surface area contributed by atoms with Crippen LogP contribution in [0.15, 0.2) is 18.3 Å². The van der Waals surface area contributed by atoms with E-state index in [1.54, 1.807) is 19.4 Å². The summed E-state index contributed by atoms with van der Waals surface area (Å²) in [6.45, 7) is 2.46. The van der Waals surface area contributed by atoms with Crippen molar-refractivity contribution in [1.82, 2.24) is 9.88 Å². The number of hydrogen-bond acceptors (Lipinski definition) is 3. The molecule has 6 nitrogen and oxygen atoms in total. The van der Waals surface area contributed by atoms with Crippen molar-refractivity contribution in [3.05, 3.63) is 24.0 Å². The Hall–Kier alpha value is -1.82. The molecule has 0 saturated carbocycles. The van der Waals surface area contributed by atoms with Crippen LogP contribution in [-0.2, 0) is 16.1 Å². The molecule has 1 atom stereocenters. The molecule has 1 rings (SSSR count). The Kier molecular flexibility index (Phi) is 5.38. The summed E-state index contributed by atoms with van der Waals surface area (Å²) in [6, 6.07) is 3.07. The number of carboxylic acids is 1. The number of carbonyl (C=O) groups excluding carboxylic acids is 1. The van der Waals surface area contributed by atoms with E-state index in [9.17, 15) is 9.59 Å². The summed E-state index contributed by atoms with van der Waals surface area (Å²) in [5.41, 5.74) is 0.106. The van der Waals surface area contributed by atoms with Gasteiger partial charge in [0.2, 0.25) is 5.91 Å². The minimum Gasteiger partial charge on any atom is -0.477 e. The van der Waals surface area contributed by atoms with Gasteiger partial charge in [-0.05, 0) is 25.5 Å². The Morgan fingerprint density at radius 3 is 2.89 bits per heavy atom. The van der Waals surface area contributed by atoms with E-state index in [0.717, 1.165) is 6.42 Å². The van der Waals surface area contributed by atoms with Crippen LogP contribution in [0, 0.1) is 0 Å². The number of nitrogens with zero attached hydrogens (tertiary/aromatic N) is 1. The summed E-state index contributed by atoms with van der Waals surface area (Å²) in [7, 11) is 1.60. The largest absolute Gasteiger partial charge is 0.477 e.